The second-order valence-electron chi connectivity index (χ2n) is 5.81. The third-order valence-corrected chi connectivity index (χ3v) is 4.50. The summed E-state index contributed by atoms with van der Waals surface area (Å²) in [7, 11) is 0. The molecule has 0 saturated carbocycles. The Morgan fingerprint density at radius 1 is 1.27 bits per heavy atom. The van der Waals surface area contributed by atoms with Crippen molar-refractivity contribution in [3.05, 3.63) is 58.1 Å². The first-order chi connectivity index (χ1) is 12.5. The van der Waals surface area contributed by atoms with Gasteiger partial charge in [0, 0.05) is 16.7 Å². The number of aromatic nitrogens is 4. The van der Waals surface area contributed by atoms with Gasteiger partial charge in [-0.3, -0.25) is 9.48 Å². The van der Waals surface area contributed by atoms with E-state index in [1.54, 1.807) is 17.1 Å². The quantitative estimate of drug-likeness (QED) is 0.662. The molecule has 1 aromatic carbocycles. The number of anilines is 1. The van der Waals surface area contributed by atoms with Crippen molar-refractivity contribution >= 4 is 27.5 Å². The van der Waals surface area contributed by atoms with Crippen LogP contribution >= 0.6 is 15.9 Å². The molecule has 0 spiro atoms. The van der Waals surface area contributed by atoms with E-state index in [0.29, 0.717) is 16.9 Å². The van der Waals surface area contributed by atoms with E-state index >= 15 is 0 Å². The van der Waals surface area contributed by atoms with Gasteiger partial charge >= 0.3 is 0 Å². The molecule has 0 radical (unpaired) electrons. The number of nitrogens with zero attached hydrogens (tertiary/aromatic N) is 4. The minimum Gasteiger partial charge on any atom is -0.471 e. The van der Waals surface area contributed by atoms with Gasteiger partial charge in [0.1, 0.15) is 5.75 Å². The number of carbonyl (C=O) groups excluding carboxylic acids is 1. The lowest BCUT2D eigenvalue weighted by atomic mass is 10.2. The van der Waals surface area contributed by atoms with E-state index in [1.807, 2.05) is 49.7 Å². The Morgan fingerprint density at radius 3 is 2.65 bits per heavy atom. The van der Waals surface area contributed by atoms with Crippen LogP contribution in [0.15, 0.2) is 41.1 Å². The second kappa shape index (κ2) is 7.74. The number of rotatable bonds is 6. The zero-order chi connectivity index (χ0) is 18.7. The molecule has 0 aliphatic rings. The Labute approximate surface area is 160 Å². The van der Waals surface area contributed by atoms with Crippen molar-refractivity contribution in [2.45, 2.75) is 34.0 Å². The van der Waals surface area contributed by atoms with E-state index in [4.69, 9.17) is 4.74 Å². The zero-order valence-corrected chi connectivity index (χ0v) is 16.4. The van der Waals surface area contributed by atoms with Crippen LogP contribution in [0.1, 0.15) is 28.7 Å². The van der Waals surface area contributed by atoms with Gasteiger partial charge in [-0.2, -0.15) is 10.2 Å². The van der Waals surface area contributed by atoms with Crippen LogP contribution in [-0.2, 0) is 13.3 Å². The first-order valence-electron chi connectivity index (χ1n) is 8.24. The van der Waals surface area contributed by atoms with Gasteiger partial charge in [-0.25, -0.2) is 4.68 Å². The van der Waals surface area contributed by atoms with E-state index in [-0.39, 0.29) is 12.6 Å². The first-order valence-corrected chi connectivity index (χ1v) is 9.03. The summed E-state index contributed by atoms with van der Waals surface area (Å²) in [6.45, 7) is 6.71. The molecule has 0 aliphatic heterocycles. The fraction of sp³-hybridized carbons (Fsp3) is 0.278. The van der Waals surface area contributed by atoms with Crippen molar-refractivity contribution in [2.75, 3.05) is 5.32 Å². The monoisotopic (exact) mass is 417 g/mol. The van der Waals surface area contributed by atoms with Crippen LogP contribution in [0.2, 0.25) is 0 Å². The maximum absolute atomic E-state index is 12.6. The van der Waals surface area contributed by atoms with E-state index in [0.717, 1.165) is 22.5 Å². The Hall–Kier alpha value is -2.61. The highest BCUT2D eigenvalue weighted by molar-refractivity contribution is 9.10. The van der Waals surface area contributed by atoms with Gasteiger partial charge in [-0.05, 0) is 45.0 Å². The highest BCUT2D eigenvalue weighted by Crippen LogP contribution is 2.18. The third-order valence-electron chi connectivity index (χ3n) is 3.98. The lowest BCUT2D eigenvalue weighted by Gasteiger charge is -2.06. The minimum atomic E-state index is -0.187. The van der Waals surface area contributed by atoms with Gasteiger partial charge in [0.25, 0.3) is 5.91 Å². The fourth-order valence-corrected chi connectivity index (χ4v) is 2.96. The molecule has 0 fully saturated rings. The molecule has 2 aromatic heterocycles. The number of hydrogen-bond donors (Lipinski definition) is 1. The Balaban J connectivity index is 1.64. The standard InChI is InChI=1S/C18H20BrN5O2/c1-4-24-13(3)17(12(2)22-24)18(25)21-15-9-20-23(10-15)11-26-16-7-5-14(19)6-8-16/h5-10H,4,11H2,1-3H3,(H,21,25). The highest BCUT2D eigenvalue weighted by atomic mass is 79.9. The summed E-state index contributed by atoms with van der Waals surface area (Å²) in [6.07, 6.45) is 3.32. The summed E-state index contributed by atoms with van der Waals surface area (Å²) in [6, 6.07) is 7.55. The maximum atomic E-state index is 12.6. The van der Waals surface area contributed by atoms with Crippen LogP contribution in [0.5, 0.6) is 5.75 Å². The molecule has 7 nitrogen and oxygen atoms in total. The van der Waals surface area contributed by atoms with E-state index in [9.17, 15) is 4.79 Å². The zero-order valence-electron chi connectivity index (χ0n) is 14.9. The van der Waals surface area contributed by atoms with Gasteiger partial charge in [0.05, 0.1) is 29.3 Å². The summed E-state index contributed by atoms with van der Waals surface area (Å²) >= 11 is 3.38. The van der Waals surface area contributed by atoms with Crippen LogP contribution in [0, 0.1) is 13.8 Å². The van der Waals surface area contributed by atoms with Gasteiger partial charge in [-0.15, -0.1) is 0 Å². The molecule has 0 saturated heterocycles. The predicted octanol–water partition coefficient (Wildman–Crippen LogP) is 3.77. The molecule has 8 heteroatoms. The number of amides is 1. The van der Waals surface area contributed by atoms with Gasteiger partial charge in [0.15, 0.2) is 6.73 Å². The molecular weight excluding hydrogens is 398 g/mol. The summed E-state index contributed by atoms with van der Waals surface area (Å²) in [4.78, 5) is 12.6. The first kappa shape index (κ1) is 18.2. The van der Waals surface area contributed by atoms with Crippen LogP contribution in [0.3, 0.4) is 0 Å². The van der Waals surface area contributed by atoms with Crippen molar-refractivity contribution in [3.8, 4) is 5.75 Å². The molecule has 0 aliphatic carbocycles. The van der Waals surface area contributed by atoms with E-state index in [2.05, 4.69) is 31.4 Å². The second-order valence-corrected chi connectivity index (χ2v) is 6.73. The fourth-order valence-electron chi connectivity index (χ4n) is 2.70. The number of halogens is 1. The van der Waals surface area contributed by atoms with Gasteiger partial charge < -0.3 is 10.1 Å². The van der Waals surface area contributed by atoms with Crippen molar-refractivity contribution in [1.29, 1.82) is 0 Å². The Morgan fingerprint density at radius 2 is 2.00 bits per heavy atom. The number of nitrogens with one attached hydrogen (secondary N) is 1. The minimum absolute atomic E-state index is 0.187. The molecule has 0 atom stereocenters. The normalized spacial score (nSPS) is 10.8. The lowest BCUT2D eigenvalue weighted by Crippen LogP contribution is -2.14. The van der Waals surface area contributed by atoms with Crippen molar-refractivity contribution in [2.24, 2.45) is 0 Å². The third kappa shape index (κ3) is 3.96. The Kier molecular flexibility index (Phi) is 5.41. The van der Waals surface area contributed by atoms with E-state index < -0.39 is 0 Å². The molecule has 1 amide bonds. The van der Waals surface area contributed by atoms with Crippen molar-refractivity contribution in [1.82, 2.24) is 19.6 Å². The topological polar surface area (TPSA) is 74.0 Å². The molecule has 0 unspecified atom stereocenters. The molecule has 26 heavy (non-hydrogen) atoms. The molecule has 3 aromatic rings. The highest BCUT2D eigenvalue weighted by Gasteiger charge is 2.18. The number of benzene rings is 1. The number of hydrogen-bond acceptors (Lipinski definition) is 4. The van der Waals surface area contributed by atoms with E-state index in [1.165, 1.54) is 0 Å². The number of ether oxygens (including phenoxy) is 1. The van der Waals surface area contributed by atoms with Gasteiger partial charge in [-0.1, -0.05) is 15.9 Å². The molecule has 136 valence electrons. The van der Waals surface area contributed by atoms with Crippen LogP contribution in [-0.4, -0.2) is 25.5 Å². The van der Waals surface area contributed by atoms with Crippen molar-refractivity contribution in [3.63, 3.8) is 0 Å². The number of carbonyl (C=O) groups is 1. The summed E-state index contributed by atoms with van der Waals surface area (Å²) in [5.41, 5.74) is 2.78. The molecule has 2 heterocycles. The average molecular weight is 418 g/mol. The van der Waals surface area contributed by atoms with Crippen LogP contribution in [0.25, 0.3) is 0 Å². The predicted molar refractivity (Wildman–Crippen MR) is 102 cm³/mol. The molecule has 1 N–H and O–H groups in total. The smallest absolute Gasteiger partial charge is 0.259 e. The number of aryl methyl sites for hydroxylation is 2. The van der Waals surface area contributed by atoms with Crippen LogP contribution in [0.4, 0.5) is 5.69 Å². The van der Waals surface area contributed by atoms with Gasteiger partial charge in [0.2, 0.25) is 0 Å². The average Bonchev–Trinajstić information content (AvgIpc) is 3.17. The van der Waals surface area contributed by atoms with Crippen molar-refractivity contribution < 1.29 is 9.53 Å². The summed E-state index contributed by atoms with van der Waals surface area (Å²) in [5.74, 6) is 0.556. The maximum Gasteiger partial charge on any atom is 0.259 e. The summed E-state index contributed by atoms with van der Waals surface area (Å²) in [5, 5.41) is 11.5. The largest absolute Gasteiger partial charge is 0.471 e. The molecule has 3 rings (SSSR count). The molecular formula is C18H20BrN5O2. The SMILES string of the molecule is CCn1nc(C)c(C(=O)Nc2cnn(COc3ccc(Br)cc3)c2)c1C. The molecule has 0 bridgehead atoms. The summed E-state index contributed by atoms with van der Waals surface area (Å²) < 4.78 is 10.1. The Bertz CT molecular complexity index is 914. The van der Waals surface area contributed by atoms with Crippen LogP contribution < -0.4 is 10.1 Å². The lowest BCUT2D eigenvalue weighted by molar-refractivity contribution is 0.102.